The molecule has 1 aromatic heterocycles. The number of carbonyl (C=O) groups is 1. The molecule has 1 atom stereocenters. The van der Waals surface area contributed by atoms with Gasteiger partial charge < -0.3 is 9.64 Å². The van der Waals surface area contributed by atoms with Gasteiger partial charge in [-0.05, 0) is 64.6 Å². The van der Waals surface area contributed by atoms with E-state index in [0.29, 0.717) is 24.6 Å². The number of amides is 1. The molecule has 32 heavy (non-hydrogen) atoms. The highest BCUT2D eigenvalue weighted by Crippen LogP contribution is 2.23. The zero-order valence-corrected chi connectivity index (χ0v) is 19.3. The van der Waals surface area contributed by atoms with Crippen molar-refractivity contribution in [1.82, 2.24) is 19.6 Å². The summed E-state index contributed by atoms with van der Waals surface area (Å²) < 4.78 is 21.7. The molecule has 0 saturated carbocycles. The van der Waals surface area contributed by atoms with Gasteiger partial charge in [0.1, 0.15) is 5.82 Å². The Morgan fingerprint density at radius 1 is 1.22 bits per heavy atom. The summed E-state index contributed by atoms with van der Waals surface area (Å²) in [5.41, 5.74) is 1.40. The standard InChI is InChI=1S/C25H35FN4O2/c1-19(2)30-17-22(14-27-30)25(31)29(18-23-7-5-13-32-23)15-20-9-11-28(12-10-20)16-21-6-3-4-8-24(21)26/h3-4,6,8,14,17,19-20,23H,5,7,9-13,15-16,18H2,1-2H3. The normalized spacial score (nSPS) is 20.2. The largest absolute Gasteiger partial charge is 0.376 e. The fraction of sp³-hybridized carbons (Fsp3) is 0.600. The van der Waals surface area contributed by atoms with Gasteiger partial charge in [-0.15, -0.1) is 0 Å². The lowest BCUT2D eigenvalue weighted by Gasteiger charge is -2.35. The Bertz CT molecular complexity index is 886. The number of likely N-dealkylation sites (tertiary alicyclic amines) is 1. The maximum absolute atomic E-state index is 14.0. The summed E-state index contributed by atoms with van der Waals surface area (Å²) in [5, 5.41) is 4.36. The van der Waals surface area contributed by atoms with Gasteiger partial charge in [0.25, 0.3) is 5.91 Å². The van der Waals surface area contributed by atoms with E-state index in [1.165, 1.54) is 6.07 Å². The lowest BCUT2D eigenvalue weighted by atomic mass is 9.95. The van der Waals surface area contributed by atoms with Crippen LogP contribution in [-0.4, -0.2) is 64.4 Å². The van der Waals surface area contributed by atoms with Crippen molar-refractivity contribution in [1.29, 1.82) is 0 Å². The first-order chi connectivity index (χ1) is 15.5. The third-order valence-electron chi connectivity index (χ3n) is 6.65. The van der Waals surface area contributed by atoms with Gasteiger partial charge in [0.05, 0.1) is 17.9 Å². The molecule has 1 amide bonds. The van der Waals surface area contributed by atoms with E-state index in [1.807, 2.05) is 27.9 Å². The molecule has 174 valence electrons. The van der Waals surface area contributed by atoms with E-state index in [9.17, 15) is 9.18 Å². The highest BCUT2D eigenvalue weighted by atomic mass is 19.1. The average Bonchev–Trinajstić information content (AvgIpc) is 3.48. The van der Waals surface area contributed by atoms with Crippen molar-refractivity contribution in [2.75, 3.05) is 32.8 Å². The Morgan fingerprint density at radius 3 is 2.66 bits per heavy atom. The maximum atomic E-state index is 14.0. The van der Waals surface area contributed by atoms with E-state index < -0.39 is 0 Å². The molecule has 0 radical (unpaired) electrons. The zero-order chi connectivity index (χ0) is 22.5. The first kappa shape index (κ1) is 22.9. The first-order valence-electron chi connectivity index (χ1n) is 11.9. The molecule has 7 heteroatoms. The van der Waals surface area contributed by atoms with E-state index in [4.69, 9.17) is 4.74 Å². The molecule has 2 fully saturated rings. The van der Waals surface area contributed by atoms with E-state index in [1.54, 1.807) is 12.3 Å². The Morgan fingerprint density at radius 2 is 2.00 bits per heavy atom. The average molecular weight is 443 g/mol. The Kier molecular flexibility index (Phi) is 7.58. The second-order valence-electron chi connectivity index (χ2n) is 9.46. The van der Waals surface area contributed by atoms with Crippen LogP contribution < -0.4 is 0 Å². The molecular formula is C25H35FN4O2. The molecule has 4 rings (SSSR count). The van der Waals surface area contributed by atoms with Crippen molar-refractivity contribution >= 4 is 5.91 Å². The number of rotatable bonds is 8. The molecule has 2 aliphatic heterocycles. The SMILES string of the molecule is CC(C)n1cc(C(=O)N(CC2CCN(Cc3ccccc3F)CC2)CC2CCCO2)cn1. The summed E-state index contributed by atoms with van der Waals surface area (Å²) in [4.78, 5) is 17.6. The summed E-state index contributed by atoms with van der Waals surface area (Å²) in [7, 11) is 0. The molecule has 2 aromatic rings. The van der Waals surface area contributed by atoms with Gasteiger partial charge >= 0.3 is 0 Å². The van der Waals surface area contributed by atoms with Crippen LogP contribution in [0.4, 0.5) is 4.39 Å². The monoisotopic (exact) mass is 442 g/mol. The van der Waals surface area contributed by atoms with Crippen molar-refractivity contribution in [3.8, 4) is 0 Å². The molecule has 0 bridgehead atoms. The molecule has 0 N–H and O–H groups in total. The van der Waals surface area contributed by atoms with E-state index in [0.717, 1.165) is 57.5 Å². The lowest BCUT2D eigenvalue weighted by molar-refractivity contribution is 0.0444. The highest BCUT2D eigenvalue weighted by molar-refractivity contribution is 5.93. The van der Waals surface area contributed by atoms with Gasteiger partial charge in [0.2, 0.25) is 0 Å². The minimum Gasteiger partial charge on any atom is -0.376 e. The quantitative estimate of drug-likeness (QED) is 0.617. The third-order valence-corrected chi connectivity index (χ3v) is 6.65. The summed E-state index contributed by atoms with van der Waals surface area (Å²) in [6.45, 7) is 8.76. The minimum absolute atomic E-state index is 0.0428. The van der Waals surface area contributed by atoms with Crippen LogP contribution in [0.3, 0.4) is 0 Å². The van der Waals surface area contributed by atoms with Crippen LogP contribution >= 0.6 is 0 Å². The number of piperidine rings is 1. The molecular weight excluding hydrogens is 407 g/mol. The van der Waals surface area contributed by atoms with Crippen LogP contribution in [0.1, 0.15) is 61.5 Å². The van der Waals surface area contributed by atoms with Crippen LogP contribution in [0.25, 0.3) is 0 Å². The molecule has 3 heterocycles. The molecule has 0 aliphatic carbocycles. The van der Waals surface area contributed by atoms with Gasteiger partial charge in [0, 0.05) is 44.0 Å². The number of carbonyl (C=O) groups excluding carboxylic acids is 1. The van der Waals surface area contributed by atoms with Gasteiger partial charge in [-0.25, -0.2) is 4.39 Å². The fourth-order valence-electron chi connectivity index (χ4n) is 4.69. The van der Waals surface area contributed by atoms with Crippen molar-refractivity contribution in [3.63, 3.8) is 0 Å². The van der Waals surface area contributed by atoms with Gasteiger partial charge in [0.15, 0.2) is 0 Å². The predicted molar refractivity (Wildman–Crippen MR) is 122 cm³/mol. The fourth-order valence-corrected chi connectivity index (χ4v) is 4.69. The second-order valence-corrected chi connectivity index (χ2v) is 9.46. The van der Waals surface area contributed by atoms with Crippen LogP contribution in [-0.2, 0) is 11.3 Å². The van der Waals surface area contributed by atoms with E-state index in [2.05, 4.69) is 23.8 Å². The van der Waals surface area contributed by atoms with Crippen molar-refractivity contribution in [2.45, 2.75) is 58.2 Å². The minimum atomic E-state index is -0.134. The second kappa shape index (κ2) is 10.6. The molecule has 0 spiro atoms. The van der Waals surface area contributed by atoms with Crippen LogP contribution in [0.15, 0.2) is 36.7 Å². The van der Waals surface area contributed by atoms with Crippen molar-refractivity contribution in [3.05, 3.63) is 53.6 Å². The van der Waals surface area contributed by atoms with Crippen LogP contribution in [0, 0.1) is 11.7 Å². The van der Waals surface area contributed by atoms with Crippen molar-refractivity contribution < 1.29 is 13.9 Å². The number of benzene rings is 1. The summed E-state index contributed by atoms with van der Waals surface area (Å²) in [6.07, 6.45) is 7.75. The molecule has 1 unspecified atom stereocenters. The molecule has 1 aromatic carbocycles. The molecule has 6 nitrogen and oxygen atoms in total. The third kappa shape index (κ3) is 5.75. The molecule has 2 saturated heterocycles. The maximum Gasteiger partial charge on any atom is 0.257 e. The Balaban J connectivity index is 1.36. The number of nitrogens with zero attached hydrogens (tertiary/aromatic N) is 4. The Labute approximate surface area is 190 Å². The summed E-state index contributed by atoms with van der Waals surface area (Å²) >= 11 is 0. The number of hydrogen-bond acceptors (Lipinski definition) is 4. The number of hydrogen-bond donors (Lipinski definition) is 0. The highest BCUT2D eigenvalue weighted by Gasteiger charge is 2.28. The van der Waals surface area contributed by atoms with E-state index >= 15 is 0 Å². The smallest absolute Gasteiger partial charge is 0.257 e. The van der Waals surface area contributed by atoms with Gasteiger partial charge in [-0.3, -0.25) is 14.4 Å². The lowest BCUT2D eigenvalue weighted by Crippen LogP contribution is -2.43. The summed E-state index contributed by atoms with van der Waals surface area (Å²) in [6, 6.07) is 7.23. The Hall–Kier alpha value is -2.25. The number of ether oxygens (including phenoxy) is 1. The predicted octanol–water partition coefficient (Wildman–Crippen LogP) is 4.14. The topological polar surface area (TPSA) is 50.6 Å². The number of halogens is 1. The zero-order valence-electron chi connectivity index (χ0n) is 19.3. The van der Waals surface area contributed by atoms with Gasteiger partial charge in [-0.1, -0.05) is 18.2 Å². The van der Waals surface area contributed by atoms with Crippen LogP contribution in [0.5, 0.6) is 0 Å². The van der Waals surface area contributed by atoms with E-state index in [-0.39, 0.29) is 23.9 Å². The first-order valence-corrected chi connectivity index (χ1v) is 11.9. The molecule has 2 aliphatic rings. The van der Waals surface area contributed by atoms with Gasteiger partial charge in [-0.2, -0.15) is 5.10 Å². The number of aromatic nitrogens is 2. The summed E-state index contributed by atoms with van der Waals surface area (Å²) in [5.74, 6) is 0.350. The van der Waals surface area contributed by atoms with Crippen LogP contribution in [0.2, 0.25) is 0 Å². The van der Waals surface area contributed by atoms with Crippen molar-refractivity contribution in [2.24, 2.45) is 5.92 Å².